The highest BCUT2D eigenvalue weighted by Crippen LogP contribution is 2.32. The molecule has 166 valence electrons. The minimum Gasteiger partial charge on any atom is -0.449 e. The lowest BCUT2D eigenvalue weighted by molar-refractivity contribution is -0.123. The molecule has 1 aliphatic heterocycles. The number of benzene rings is 3. The lowest BCUT2D eigenvalue weighted by Gasteiger charge is -2.17. The van der Waals surface area contributed by atoms with Gasteiger partial charge in [-0.2, -0.15) is 0 Å². The first-order valence-electron chi connectivity index (χ1n) is 10.4. The monoisotopic (exact) mass is 442 g/mol. The fourth-order valence-corrected chi connectivity index (χ4v) is 3.59. The van der Waals surface area contributed by atoms with Crippen LogP contribution in [0, 0.1) is 13.8 Å². The fourth-order valence-electron chi connectivity index (χ4n) is 3.59. The second-order valence-electron chi connectivity index (χ2n) is 7.90. The molecule has 3 amide bonds. The summed E-state index contributed by atoms with van der Waals surface area (Å²) in [4.78, 5) is 52.1. The highest BCUT2D eigenvalue weighted by molar-refractivity contribution is 6.35. The molecule has 7 nitrogen and oxygen atoms in total. The van der Waals surface area contributed by atoms with Gasteiger partial charge < -0.3 is 10.1 Å². The molecule has 1 N–H and O–H groups in total. The molecule has 0 fully saturated rings. The van der Waals surface area contributed by atoms with Crippen molar-refractivity contribution in [1.82, 2.24) is 0 Å². The van der Waals surface area contributed by atoms with E-state index in [-0.39, 0.29) is 16.7 Å². The molecule has 1 unspecified atom stereocenters. The standard InChI is InChI=1S/C26H22N2O5/c1-15-9-10-16(2)22(13-15)28-24(30)20-12-11-18(14-21(20)25(28)31)26(32)33-17(3)23(29)27-19-7-5-4-6-8-19/h4-14,17H,1-3H3,(H,27,29). The Labute approximate surface area is 191 Å². The first kappa shape index (κ1) is 22.0. The molecule has 1 aliphatic rings. The molecule has 1 atom stereocenters. The third-order valence-electron chi connectivity index (χ3n) is 5.42. The summed E-state index contributed by atoms with van der Waals surface area (Å²) in [6.07, 6.45) is -1.06. The molecule has 0 bridgehead atoms. The van der Waals surface area contributed by atoms with Crippen molar-refractivity contribution < 1.29 is 23.9 Å². The number of nitrogens with zero attached hydrogens (tertiary/aromatic N) is 1. The normalized spacial score (nSPS) is 13.5. The molecule has 0 aromatic heterocycles. The van der Waals surface area contributed by atoms with Gasteiger partial charge in [0.15, 0.2) is 6.10 Å². The number of imide groups is 1. The van der Waals surface area contributed by atoms with E-state index in [4.69, 9.17) is 4.74 Å². The number of hydrogen-bond acceptors (Lipinski definition) is 5. The Kier molecular flexibility index (Phi) is 5.79. The van der Waals surface area contributed by atoms with E-state index < -0.39 is 29.8 Å². The Morgan fingerprint density at radius 2 is 1.58 bits per heavy atom. The highest BCUT2D eigenvalue weighted by Gasteiger charge is 2.38. The third kappa shape index (κ3) is 4.25. The van der Waals surface area contributed by atoms with Gasteiger partial charge in [0.25, 0.3) is 17.7 Å². The van der Waals surface area contributed by atoms with E-state index in [1.54, 1.807) is 30.3 Å². The second-order valence-corrected chi connectivity index (χ2v) is 7.90. The molecule has 3 aromatic rings. The molecule has 0 saturated heterocycles. The maximum Gasteiger partial charge on any atom is 0.338 e. The number of nitrogens with one attached hydrogen (secondary N) is 1. The number of carbonyl (C=O) groups excluding carboxylic acids is 4. The number of anilines is 2. The Balaban J connectivity index is 1.52. The number of fused-ring (bicyclic) bond motifs is 1. The molecule has 0 saturated carbocycles. The maximum absolute atomic E-state index is 13.1. The van der Waals surface area contributed by atoms with E-state index in [1.807, 2.05) is 32.0 Å². The van der Waals surface area contributed by atoms with E-state index in [0.717, 1.165) is 16.0 Å². The maximum atomic E-state index is 13.1. The Hall–Kier alpha value is -4.26. The lowest BCUT2D eigenvalue weighted by atomic mass is 10.1. The van der Waals surface area contributed by atoms with Crippen LogP contribution in [0.4, 0.5) is 11.4 Å². The van der Waals surface area contributed by atoms with Crippen molar-refractivity contribution in [2.24, 2.45) is 0 Å². The zero-order valence-corrected chi connectivity index (χ0v) is 18.4. The van der Waals surface area contributed by atoms with Gasteiger partial charge in [-0.15, -0.1) is 0 Å². The van der Waals surface area contributed by atoms with E-state index in [9.17, 15) is 19.2 Å². The zero-order valence-electron chi connectivity index (χ0n) is 18.4. The Morgan fingerprint density at radius 1 is 0.879 bits per heavy atom. The van der Waals surface area contributed by atoms with Gasteiger partial charge in [0.1, 0.15) is 0 Å². The predicted molar refractivity (Wildman–Crippen MR) is 123 cm³/mol. The number of esters is 1. The largest absolute Gasteiger partial charge is 0.449 e. The van der Waals surface area contributed by atoms with Gasteiger partial charge in [-0.25, -0.2) is 9.69 Å². The van der Waals surface area contributed by atoms with Crippen molar-refractivity contribution in [1.29, 1.82) is 0 Å². The van der Waals surface area contributed by atoms with Gasteiger partial charge in [0.2, 0.25) is 0 Å². The van der Waals surface area contributed by atoms with E-state index in [0.29, 0.717) is 11.4 Å². The zero-order chi connectivity index (χ0) is 23.7. The summed E-state index contributed by atoms with van der Waals surface area (Å²) in [5.74, 6) is -2.20. The summed E-state index contributed by atoms with van der Waals surface area (Å²) in [6.45, 7) is 5.16. The van der Waals surface area contributed by atoms with Gasteiger partial charge >= 0.3 is 5.97 Å². The average molecular weight is 442 g/mol. The van der Waals surface area contributed by atoms with Crippen molar-refractivity contribution in [3.63, 3.8) is 0 Å². The summed E-state index contributed by atoms with van der Waals surface area (Å²) in [5.41, 5.74) is 3.21. The first-order chi connectivity index (χ1) is 15.8. The molecular formula is C26H22N2O5. The van der Waals surface area contributed by atoms with Crippen LogP contribution in [-0.2, 0) is 9.53 Å². The van der Waals surface area contributed by atoms with Crippen LogP contribution in [0.5, 0.6) is 0 Å². The summed E-state index contributed by atoms with van der Waals surface area (Å²) < 4.78 is 5.28. The third-order valence-corrected chi connectivity index (χ3v) is 5.42. The molecule has 0 aliphatic carbocycles. The number of aryl methyl sites for hydroxylation is 2. The van der Waals surface area contributed by atoms with Gasteiger partial charge in [-0.05, 0) is 68.3 Å². The van der Waals surface area contributed by atoms with Crippen molar-refractivity contribution in [3.05, 3.63) is 94.5 Å². The van der Waals surface area contributed by atoms with E-state index >= 15 is 0 Å². The van der Waals surface area contributed by atoms with Crippen LogP contribution in [0.25, 0.3) is 0 Å². The quantitative estimate of drug-likeness (QED) is 0.470. The number of para-hydroxylation sites is 1. The molecule has 4 rings (SSSR count). The van der Waals surface area contributed by atoms with Crippen molar-refractivity contribution >= 4 is 35.1 Å². The predicted octanol–water partition coefficient (Wildman–Crippen LogP) is 4.29. The van der Waals surface area contributed by atoms with Crippen LogP contribution in [0.1, 0.15) is 49.1 Å². The fraction of sp³-hybridized carbons (Fsp3) is 0.154. The summed E-state index contributed by atoms with van der Waals surface area (Å²) in [6, 6.07) is 18.5. The second kappa shape index (κ2) is 8.70. The van der Waals surface area contributed by atoms with Gasteiger partial charge in [-0.1, -0.05) is 30.3 Å². The summed E-state index contributed by atoms with van der Waals surface area (Å²) in [5, 5.41) is 2.67. The minimum absolute atomic E-state index is 0.0806. The first-order valence-corrected chi connectivity index (χ1v) is 10.4. The number of rotatable bonds is 5. The van der Waals surface area contributed by atoms with Crippen LogP contribution < -0.4 is 10.2 Å². The molecule has 0 radical (unpaired) electrons. The molecular weight excluding hydrogens is 420 g/mol. The average Bonchev–Trinajstić information content (AvgIpc) is 3.05. The van der Waals surface area contributed by atoms with E-state index in [1.165, 1.54) is 25.1 Å². The van der Waals surface area contributed by atoms with Crippen LogP contribution in [0.2, 0.25) is 0 Å². The molecule has 0 spiro atoms. The molecule has 1 heterocycles. The number of hydrogen-bond donors (Lipinski definition) is 1. The number of carbonyl (C=O) groups is 4. The molecule has 3 aromatic carbocycles. The Morgan fingerprint density at radius 3 is 2.30 bits per heavy atom. The van der Waals surface area contributed by atoms with Crippen LogP contribution >= 0.6 is 0 Å². The minimum atomic E-state index is -1.06. The van der Waals surface area contributed by atoms with Gasteiger partial charge in [-0.3, -0.25) is 14.4 Å². The highest BCUT2D eigenvalue weighted by atomic mass is 16.5. The van der Waals surface area contributed by atoms with Gasteiger partial charge in [0.05, 0.1) is 22.4 Å². The van der Waals surface area contributed by atoms with Crippen LogP contribution in [-0.4, -0.2) is 29.8 Å². The van der Waals surface area contributed by atoms with Crippen molar-refractivity contribution in [2.75, 3.05) is 10.2 Å². The lowest BCUT2D eigenvalue weighted by Crippen LogP contribution is -2.30. The van der Waals surface area contributed by atoms with Gasteiger partial charge in [0, 0.05) is 5.69 Å². The number of ether oxygens (including phenoxy) is 1. The van der Waals surface area contributed by atoms with E-state index in [2.05, 4.69) is 5.32 Å². The SMILES string of the molecule is Cc1ccc(C)c(N2C(=O)c3ccc(C(=O)OC(C)C(=O)Nc4ccccc4)cc3C2=O)c1. The Bertz CT molecular complexity index is 1280. The van der Waals surface area contributed by atoms with Crippen molar-refractivity contribution in [3.8, 4) is 0 Å². The summed E-state index contributed by atoms with van der Waals surface area (Å²) >= 11 is 0. The van der Waals surface area contributed by atoms with Crippen LogP contribution in [0.3, 0.4) is 0 Å². The number of amides is 3. The van der Waals surface area contributed by atoms with Crippen LogP contribution in [0.15, 0.2) is 66.7 Å². The smallest absolute Gasteiger partial charge is 0.338 e. The topological polar surface area (TPSA) is 92.8 Å². The molecule has 33 heavy (non-hydrogen) atoms. The summed E-state index contributed by atoms with van der Waals surface area (Å²) in [7, 11) is 0. The molecule has 7 heteroatoms. The van der Waals surface area contributed by atoms with Crippen molar-refractivity contribution in [2.45, 2.75) is 26.9 Å².